The summed E-state index contributed by atoms with van der Waals surface area (Å²) in [6.07, 6.45) is 27.8. The first-order valence-electron chi connectivity index (χ1n) is 18.9. The number of imidazole rings is 1. The molecule has 1 rings (SSSR count). The van der Waals surface area contributed by atoms with Crippen LogP contribution in [-0.2, 0) is 25.6 Å². The van der Waals surface area contributed by atoms with E-state index in [2.05, 4.69) is 68.1 Å². The van der Waals surface area contributed by atoms with Gasteiger partial charge in [-0.25, -0.2) is 4.98 Å². The lowest BCUT2D eigenvalue weighted by atomic mass is 9.99. The van der Waals surface area contributed by atoms with Gasteiger partial charge in [-0.05, 0) is 123 Å². The predicted octanol–water partition coefficient (Wildman–Crippen LogP) is 10.1. The van der Waals surface area contributed by atoms with Gasteiger partial charge in [0, 0.05) is 31.8 Å². The SMILES string of the molecule is CC(C)=CCCC(C)CCC(=O)OCCCCCCCN(CCCCCCOC(=O)CC(C)CCC=C(C)C)CCCn1ccnc1. The molecule has 0 bridgehead atoms. The number of carbonyl (C=O) groups is 2. The van der Waals surface area contributed by atoms with Gasteiger partial charge in [-0.1, -0.05) is 69.2 Å². The number of nitrogens with zero attached hydrogens (tertiary/aromatic N) is 3. The van der Waals surface area contributed by atoms with E-state index >= 15 is 0 Å². The van der Waals surface area contributed by atoms with Gasteiger partial charge in [-0.3, -0.25) is 9.59 Å². The Kier molecular flexibility index (Phi) is 25.9. The molecule has 2 atom stereocenters. The van der Waals surface area contributed by atoms with E-state index in [4.69, 9.17) is 9.47 Å². The standard InChI is InChI=1S/C40H71N3O4/c1-35(2)19-16-21-37(5)23-24-39(44)46-31-14-10-7-8-12-26-42(28-18-29-43-30-25-41-34-43)27-13-9-11-15-32-47-40(45)33-38(6)22-17-20-36(3)4/h19-20,25,30,34,37-38H,7-18,21-24,26-29,31-33H2,1-6H3. The van der Waals surface area contributed by atoms with Crippen LogP contribution in [0.3, 0.4) is 0 Å². The number of aromatic nitrogens is 2. The van der Waals surface area contributed by atoms with E-state index in [0.717, 1.165) is 90.4 Å². The summed E-state index contributed by atoms with van der Waals surface area (Å²) < 4.78 is 13.2. The molecule has 0 aliphatic carbocycles. The smallest absolute Gasteiger partial charge is 0.306 e. The molecule has 2 unspecified atom stereocenters. The fraction of sp³-hybridized carbons (Fsp3) is 0.775. The molecular weight excluding hydrogens is 586 g/mol. The third-order valence-electron chi connectivity index (χ3n) is 8.74. The zero-order chi connectivity index (χ0) is 34.5. The summed E-state index contributed by atoms with van der Waals surface area (Å²) in [5.74, 6) is 0.838. The van der Waals surface area contributed by atoms with E-state index in [9.17, 15) is 9.59 Å². The van der Waals surface area contributed by atoms with Gasteiger partial charge in [0.2, 0.25) is 0 Å². The van der Waals surface area contributed by atoms with Crippen LogP contribution in [-0.4, -0.2) is 59.2 Å². The van der Waals surface area contributed by atoms with E-state index in [-0.39, 0.29) is 11.9 Å². The maximum absolute atomic E-state index is 12.2. The Hall–Kier alpha value is -2.41. The zero-order valence-corrected chi connectivity index (χ0v) is 31.3. The molecule has 1 aromatic heterocycles. The monoisotopic (exact) mass is 658 g/mol. The molecule has 0 aliphatic heterocycles. The summed E-state index contributed by atoms with van der Waals surface area (Å²) >= 11 is 0. The van der Waals surface area contributed by atoms with Gasteiger partial charge in [0.25, 0.3) is 0 Å². The quantitative estimate of drug-likeness (QED) is 0.0466. The lowest BCUT2D eigenvalue weighted by Gasteiger charge is -2.22. The highest BCUT2D eigenvalue weighted by atomic mass is 16.5. The van der Waals surface area contributed by atoms with E-state index < -0.39 is 0 Å². The minimum Gasteiger partial charge on any atom is -0.466 e. The van der Waals surface area contributed by atoms with Crippen molar-refractivity contribution >= 4 is 11.9 Å². The van der Waals surface area contributed by atoms with Crippen molar-refractivity contribution in [1.29, 1.82) is 0 Å². The van der Waals surface area contributed by atoms with Crippen LogP contribution in [0.25, 0.3) is 0 Å². The van der Waals surface area contributed by atoms with Crippen LogP contribution in [0.5, 0.6) is 0 Å². The van der Waals surface area contributed by atoms with E-state index in [1.807, 2.05) is 18.7 Å². The number of esters is 2. The topological polar surface area (TPSA) is 73.7 Å². The summed E-state index contributed by atoms with van der Waals surface area (Å²) in [6, 6.07) is 0. The van der Waals surface area contributed by atoms with Crippen LogP contribution < -0.4 is 0 Å². The van der Waals surface area contributed by atoms with Gasteiger partial charge in [0.15, 0.2) is 0 Å². The molecule has 0 radical (unpaired) electrons. The van der Waals surface area contributed by atoms with Crippen LogP contribution in [0.2, 0.25) is 0 Å². The number of hydrogen-bond donors (Lipinski definition) is 0. The van der Waals surface area contributed by atoms with Gasteiger partial charge < -0.3 is 18.9 Å². The molecule has 0 spiro atoms. The normalized spacial score (nSPS) is 12.5. The summed E-state index contributed by atoms with van der Waals surface area (Å²) in [4.78, 5) is 31.0. The number of ether oxygens (including phenoxy) is 2. The van der Waals surface area contributed by atoms with Crippen LogP contribution in [0, 0.1) is 11.8 Å². The lowest BCUT2D eigenvalue weighted by Crippen LogP contribution is -2.28. The Balaban J connectivity index is 2.16. The number of hydrogen-bond acceptors (Lipinski definition) is 6. The molecule has 7 nitrogen and oxygen atoms in total. The second kappa shape index (κ2) is 28.6. The van der Waals surface area contributed by atoms with Gasteiger partial charge in [0.05, 0.1) is 19.5 Å². The van der Waals surface area contributed by atoms with Gasteiger partial charge in [-0.15, -0.1) is 0 Å². The maximum atomic E-state index is 12.2. The third-order valence-corrected chi connectivity index (χ3v) is 8.74. The molecule has 0 saturated heterocycles. The number of allylic oxidation sites excluding steroid dienone is 4. The highest BCUT2D eigenvalue weighted by molar-refractivity contribution is 5.69. The summed E-state index contributed by atoms with van der Waals surface area (Å²) in [7, 11) is 0. The molecule has 0 aromatic carbocycles. The fourth-order valence-corrected chi connectivity index (χ4v) is 5.70. The van der Waals surface area contributed by atoms with E-state index in [0.29, 0.717) is 37.9 Å². The lowest BCUT2D eigenvalue weighted by molar-refractivity contribution is -0.145. The minimum absolute atomic E-state index is 0.0395. The van der Waals surface area contributed by atoms with Crippen molar-refractivity contribution in [2.24, 2.45) is 11.8 Å². The average Bonchev–Trinajstić information content (AvgIpc) is 3.53. The van der Waals surface area contributed by atoms with Crippen LogP contribution in [0.1, 0.15) is 151 Å². The molecule has 270 valence electrons. The van der Waals surface area contributed by atoms with Crippen molar-refractivity contribution in [3.05, 3.63) is 42.0 Å². The molecule has 47 heavy (non-hydrogen) atoms. The van der Waals surface area contributed by atoms with Crippen molar-refractivity contribution in [3.63, 3.8) is 0 Å². The largest absolute Gasteiger partial charge is 0.466 e. The van der Waals surface area contributed by atoms with E-state index in [1.165, 1.54) is 43.3 Å². The Morgan fingerprint density at radius 1 is 0.702 bits per heavy atom. The molecule has 0 fully saturated rings. The Labute approximate surface area is 289 Å². The number of unbranched alkanes of at least 4 members (excludes halogenated alkanes) is 7. The second-order valence-corrected chi connectivity index (χ2v) is 14.3. The second-order valence-electron chi connectivity index (χ2n) is 14.3. The Morgan fingerprint density at radius 2 is 1.23 bits per heavy atom. The number of carbonyl (C=O) groups excluding carboxylic acids is 2. The third kappa shape index (κ3) is 27.3. The summed E-state index contributed by atoms with van der Waals surface area (Å²) in [5.41, 5.74) is 2.70. The zero-order valence-electron chi connectivity index (χ0n) is 31.3. The minimum atomic E-state index is -0.0498. The highest BCUT2D eigenvalue weighted by Gasteiger charge is 2.11. The van der Waals surface area contributed by atoms with Gasteiger partial charge in [0.1, 0.15) is 0 Å². The highest BCUT2D eigenvalue weighted by Crippen LogP contribution is 2.15. The molecule has 1 aromatic rings. The number of aryl methyl sites for hydroxylation is 1. The van der Waals surface area contributed by atoms with Crippen molar-refractivity contribution in [1.82, 2.24) is 14.5 Å². The molecule has 0 amide bonds. The first-order valence-corrected chi connectivity index (χ1v) is 18.9. The molecule has 0 aliphatic rings. The molecule has 1 heterocycles. The first kappa shape index (κ1) is 42.6. The molecule has 0 saturated carbocycles. The Bertz CT molecular complexity index is 964. The van der Waals surface area contributed by atoms with Crippen LogP contribution in [0.15, 0.2) is 42.0 Å². The maximum Gasteiger partial charge on any atom is 0.306 e. The first-order chi connectivity index (χ1) is 22.7. The average molecular weight is 658 g/mol. The van der Waals surface area contributed by atoms with Crippen molar-refractivity contribution in [3.8, 4) is 0 Å². The summed E-state index contributed by atoms with van der Waals surface area (Å²) in [5, 5.41) is 0. The van der Waals surface area contributed by atoms with Gasteiger partial charge >= 0.3 is 11.9 Å². The van der Waals surface area contributed by atoms with Crippen molar-refractivity contribution in [2.75, 3.05) is 32.8 Å². The molecular formula is C40H71N3O4. The molecule has 7 heteroatoms. The van der Waals surface area contributed by atoms with Crippen LogP contribution in [0.4, 0.5) is 0 Å². The van der Waals surface area contributed by atoms with Crippen molar-refractivity contribution in [2.45, 2.75) is 157 Å². The van der Waals surface area contributed by atoms with Gasteiger partial charge in [-0.2, -0.15) is 0 Å². The van der Waals surface area contributed by atoms with Crippen molar-refractivity contribution < 1.29 is 19.1 Å². The van der Waals surface area contributed by atoms with E-state index in [1.54, 1.807) is 0 Å². The fourth-order valence-electron chi connectivity index (χ4n) is 5.70. The van der Waals surface area contributed by atoms with Crippen LogP contribution >= 0.6 is 0 Å². The molecule has 0 N–H and O–H groups in total. The Morgan fingerprint density at radius 3 is 1.81 bits per heavy atom. The number of rotatable bonds is 30. The predicted molar refractivity (Wildman–Crippen MR) is 196 cm³/mol. The summed E-state index contributed by atoms with van der Waals surface area (Å²) in [6.45, 7) is 18.3.